The van der Waals surface area contributed by atoms with Gasteiger partial charge in [-0.3, -0.25) is 0 Å². The normalized spacial score (nSPS) is 11.9. The highest BCUT2D eigenvalue weighted by Crippen LogP contribution is 2.19. The standard InChI is InChI=1S/C15H13ClN2O2S/c1-21(19,20)13-5-2-11(3-6-13)9-18-10-17-14-8-12(16)4-7-15(14)18/h2-8,10H,9H2,1H3. The Hall–Kier alpha value is -1.85. The summed E-state index contributed by atoms with van der Waals surface area (Å²) in [5.74, 6) is 0. The molecular formula is C15H13ClN2O2S. The van der Waals surface area contributed by atoms with Gasteiger partial charge in [0.25, 0.3) is 0 Å². The van der Waals surface area contributed by atoms with Gasteiger partial charge < -0.3 is 4.57 Å². The average Bonchev–Trinajstić information content (AvgIpc) is 2.80. The van der Waals surface area contributed by atoms with Crippen LogP contribution in [0.1, 0.15) is 5.56 Å². The minimum atomic E-state index is -3.15. The summed E-state index contributed by atoms with van der Waals surface area (Å²) in [4.78, 5) is 4.64. The fourth-order valence-corrected chi connectivity index (χ4v) is 3.00. The molecule has 0 amide bonds. The molecule has 0 bridgehead atoms. The van der Waals surface area contributed by atoms with Gasteiger partial charge in [0, 0.05) is 17.8 Å². The minimum absolute atomic E-state index is 0.327. The van der Waals surface area contributed by atoms with Crippen LogP contribution in [0.4, 0.5) is 0 Å². The van der Waals surface area contributed by atoms with Crippen LogP contribution >= 0.6 is 11.6 Å². The van der Waals surface area contributed by atoms with E-state index in [1.54, 1.807) is 18.5 Å². The third-order valence-corrected chi connectivity index (χ3v) is 4.65. The first-order valence-electron chi connectivity index (χ1n) is 6.33. The number of hydrogen-bond donors (Lipinski definition) is 0. The highest BCUT2D eigenvalue weighted by Gasteiger charge is 2.07. The van der Waals surface area contributed by atoms with Gasteiger partial charge >= 0.3 is 0 Å². The van der Waals surface area contributed by atoms with Crippen LogP contribution in [0.2, 0.25) is 5.02 Å². The maximum absolute atomic E-state index is 11.4. The molecule has 0 fully saturated rings. The van der Waals surface area contributed by atoms with E-state index in [4.69, 9.17) is 11.6 Å². The van der Waals surface area contributed by atoms with E-state index < -0.39 is 9.84 Å². The Morgan fingerprint density at radius 2 is 1.86 bits per heavy atom. The number of benzene rings is 2. The van der Waals surface area contributed by atoms with Crippen LogP contribution < -0.4 is 0 Å². The number of sulfone groups is 1. The third kappa shape index (κ3) is 2.94. The summed E-state index contributed by atoms with van der Waals surface area (Å²) in [6.45, 7) is 0.627. The molecular weight excluding hydrogens is 308 g/mol. The lowest BCUT2D eigenvalue weighted by molar-refractivity contribution is 0.602. The van der Waals surface area contributed by atoms with Crippen LogP contribution in [-0.4, -0.2) is 24.2 Å². The quantitative estimate of drug-likeness (QED) is 0.745. The Morgan fingerprint density at radius 1 is 1.14 bits per heavy atom. The van der Waals surface area contributed by atoms with Crippen LogP contribution in [0.15, 0.2) is 53.7 Å². The van der Waals surface area contributed by atoms with E-state index >= 15 is 0 Å². The largest absolute Gasteiger partial charge is 0.326 e. The van der Waals surface area contributed by atoms with Gasteiger partial charge in [-0.2, -0.15) is 0 Å². The second-order valence-corrected chi connectivity index (χ2v) is 7.37. The first-order valence-corrected chi connectivity index (χ1v) is 8.60. The summed E-state index contributed by atoms with van der Waals surface area (Å²) in [5.41, 5.74) is 2.85. The number of imidazole rings is 1. The number of hydrogen-bond acceptors (Lipinski definition) is 3. The van der Waals surface area contributed by atoms with Gasteiger partial charge in [-0.1, -0.05) is 23.7 Å². The third-order valence-electron chi connectivity index (χ3n) is 3.29. The van der Waals surface area contributed by atoms with Crippen LogP contribution in [0, 0.1) is 0 Å². The zero-order valence-electron chi connectivity index (χ0n) is 11.3. The van der Waals surface area contributed by atoms with Gasteiger partial charge in [0.05, 0.1) is 22.3 Å². The molecule has 4 nitrogen and oxygen atoms in total. The number of nitrogens with zero attached hydrogens (tertiary/aromatic N) is 2. The lowest BCUT2D eigenvalue weighted by Gasteiger charge is -2.06. The van der Waals surface area contributed by atoms with E-state index in [-0.39, 0.29) is 0 Å². The molecule has 1 aromatic heterocycles. The highest BCUT2D eigenvalue weighted by molar-refractivity contribution is 7.90. The van der Waals surface area contributed by atoms with Gasteiger partial charge in [0.15, 0.2) is 9.84 Å². The molecule has 6 heteroatoms. The molecule has 0 radical (unpaired) electrons. The zero-order valence-corrected chi connectivity index (χ0v) is 12.9. The molecule has 0 saturated heterocycles. The Balaban J connectivity index is 1.92. The highest BCUT2D eigenvalue weighted by atomic mass is 35.5. The Morgan fingerprint density at radius 3 is 2.52 bits per heavy atom. The summed E-state index contributed by atoms with van der Waals surface area (Å²) >= 11 is 5.94. The van der Waals surface area contributed by atoms with Gasteiger partial charge in [-0.15, -0.1) is 0 Å². The maximum Gasteiger partial charge on any atom is 0.175 e. The zero-order chi connectivity index (χ0) is 15.0. The lowest BCUT2D eigenvalue weighted by Crippen LogP contribution is -2.00. The molecule has 3 rings (SSSR count). The minimum Gasteiger partial charge on any atom is -0.326 e. The molecule has 0 N–H and O–H groups in total. The second kappa shape index (κ2) is 5.16. The molecule has 0 spiro atoms. The first-order chi connectivity index (χ1) is 9.93. The van der Waals surface area contributed by atoms with Crippen LogP contribution in [0.3, 0.4) is 0 Å². The SMILES string of the molecule is CS(=O)(=O)c1ccc(Cn2cnc3cc(Cl)ccc32)cc1. The van der Waals surface area contributed by atoms with E-state index in [0.29, 0.717) is 16.5 Å². The summed E-state index contributed by atoms with van der Waals surface area (Å²) < 4.78 is 24.9. The molecule has 0 atom stereocenters. The topological polar surface area (TPSA) is 52.0 Å². The van der Waals surface area contributed by atoms with Gasteiger partial charge in [-0.05, 0) is 35.9 Å². The van der Waals surface area contributed by atoms with Gasteiger partial charge in [0.1, 0.15) is 0 Å². The van der Waals surface area contributed by atoms with Crippen molar-refractivity contribution in [1.82, 2.24) is 9.55 Å². The van der Waals surface area contributed by atoms with E-state index in [0.717, 1.165) is 16.6 Å². The van der Waals surface area contributed by atoms with Gasteiger partial charge in [0.2, 0.25) is 0 Å². The molecule has 3 aromatic rings. The fraction of sp³-hybridized carbons (Fsp3) is 0.133. The smallest absolute Gasteiger partial charge is 0.175 e. The van der Waals surface area contributed by atoms with E-state index in [9.17, 15) is 8.42 Å². The predicted octanol–water partition coefficient (Wildman–Crippen LogP) is 3.14. The summed E-state index contributed by atoms with van der Waals surface area (Å²) in [5, 5.41) is 0.658. The van der Waals surface area contributed by atoms with Crippen molar-refractivity contribution in [2.45, 2.75) is 11.4 Å². The van der Waals surface area contributed by atoms with Crippen molar-refractivity contribution >= 4 is 32.5 Å². The second-order valence-electron chi connectivity index (χ2n) is 4.92. The number of aromatic nitrogens is 2. The summed E-state index contributed by atoms with van der Waals surface area (Å²) in [6, 6.07) is 12.5. The monoisotopic (exact) mass is 320 g/mol. The molecule has 0 saturated carbocycles. The van der Waals surface area contributed by atoms with Crippen molar-refractivity contribution in [3.63, 3.8) is 0 Å². The van der Waals surface area contributed by atoms with E-state index in [1.165, 1.54) is 6.26 Å². The Labute approximate surface area is 127 Å². The lowest BCUT2D eigenvalue weighted by atomic mass is 10.2. The van der Waals surface area contributed by atoms with Gasteiger partial charge in [-0.25, -0.2) is 13.4 Å². The summed E-state index contributed by atoms with van der Waals surface area (Å²) in [6.07, 6.45) is 2.96. The molecule has 0 aliphatic carbocycles. The molecule has 1 heterocycles. The van der Waals surface area contributed by atoms with Crippen LogP contribution in [0.25, 0.3) is 11.0 Å². The van der Waals surface area contributed by atoms with Crippen molar-refractivity contribution < 1.29 is 8.42 Å². The predicted molar refractivity (Wildman–Crippen MR) is 83.4 cm³/mol. The molecule has 0 aliphatic rings. The number of fused-ring (bicyclic) bond motifs is 1. The van der Waals surface area contributed by atoms with Crippen LogP contribution in [0.5, 0.6) is 0 Å². The van der Waals surface area contributed by atoms with Crippen molar-refractivity contribution in [1.29, 1.82) is 0 Å². The summed E-state index contributed by atoms with van der Waals surface area (Å²) in [7, 11) is -3.15. The number of halogens is 1. The van der Waals surface area contributed by atoms with Crippen molar-refractivity contribution in [3.8, 4) is 0 Å². The Bertz CT molecular complexity index is 899. The Kier molecular flexibility index (Phi) is 3.47. The van der Waals surface area contributed by atoms with Crippen molar-refractivity contribution in [2.24, 2.45) is 0 Å². The van der Waals surface area contributed by atoms with E-state index in [1.807, 2.05) is 34.9 Å². The molecule has 0 unspecified atom stereocenters. The molecule has 2 aromatic carbocycles. The number of rotatable bonds is 3. The average molecular weight is 321 g/mol. The van der Waals surface area contributed by atoms with Crippen molar-refractivity contribution in [3.05, 3.63) is 59.4 Å². The fourth-order valence-electron chi connectivity index (χ4n) is 2.20. The molecule has 108 valence electrons. The first kappa shape index (κ1) is 14.1. The maximum atomic E-state index is 11.4. The molecule has 21 heavy (non-hydrogen) atoms. The van der Waals surface area contributed by atoms with Crippen molar-refractivity contribution in [2.75, 3.05) is 6.26 Å². The molecule has 0 aliphatic heterocycles. The van der Waals surface area contributed by atoms with E-state index in [2.05, 4.69) is 4.98 Å². The van der Waals surface area contributed by atoms with Crippen LogP contribution in [-0.2, 0) is 16.4 Å².